The Morgan fingerprint density at radius 2 is 2.12 bits per heavy atom. The zero-order chi connectivity index (χ0) is 12.5. The minimum atomic E-state index is -0.00980. The maximum Gasteiger partial charge on any atom is 0.225 e. The van der Waals surface area contributed by atoms with Crippen LogP contribution in [0.1, 0.15) is 38.3 Å². The first-order valence-corrected chi connectivity index (χ1v) is 5.76. The molecule has 0 fully saturated rings. The van der Waals surface area contributed by atoms with E-state index in [0.717, 1.165) is 17.5 Å². The van der Waals surface area contributed by atoms with Crippen molar-refractivity contribution in [1.82, 2.24) is 4.98 Å². The van der Waals surface area contributed by atoms with Gasteiger partial charge in [-0.15, -0.1) is 0 Å². The Morgan fingerprint density at radius 3 is 2.82 bits per heavy atom. The van der Waals surface area contributed by atoms with Gasteiger partial charge in [0.2, 0.25) is 5.91 Å². The van der Waals surface area contributed by atoms with E-state index in [0.29, 0.717) is 12.2 Å². The number of aromatic nitrogens is 1. The maximum atomic E-state index is 11.2. The smallest absolute Gasteiger partial charge is 0.225 e. The standard InChI is InChI=1S/C14H16N2O/c1-14(2,3)7-6-10-8-11-4-5-12(17)16-13(11)15-9-10/h8-9H,4-5H2,1-3H3,(H,15,16,17). The molecule has 1 amide bonds. The highest BCUT2D eigenvalue weighted by atomic mass is 16.1. The van der Waals surface area contributed by atoms with Crippen LogP contribution in [0.4, 0.5) is 5.82 Å². The molecule has 2 heterocycles. The number of anilines is 1. The first-order chi connectivity index (χ1) is 7.94. The molecule has 0 saturated carbocycles. The van der Waals surface area contributed by atoms with Crippen molar-refractivity contribution >= 4 is 11.7 Å². The van der Waals surface area contributed by atoms with Gasteiger partial charge in [0.15, 0.2) is 0 Å². The number of carbonyl (C=O) groups excluding carboxylic acids is 1. The molecule has 0 atom stereocenters. The van der Waals surface area contributed by atoms with Crippen molar-refractivity contribution < 1.29 is 4.79 Å². The predicted octanol–water partition coefficient (Wildman–Crippen LogP) is 2.36. The van der Waals surface area contributed by atoms with Crippen LogP contribution in [0.25, 0.3) is 0 Å². The summed E-state index contributed by atoms with van der Waals surface area (Å²) in [5, 5.41) is 2.76. The minimum absolute atomic E-state index is 0.00980. The van der Waals surface area contributed by atoms with Crippen LogP contribution in [0.5, 0.6) is 0 Å². The SMILES string of the molecule is CC(C)(C)C#Cc1cnc2c(c1)CCC(=O)N2. The van der Waals surface area contributed by atoms with Crippen molar-refractivity contribution in [2.24, 2.45) is 5.41 Å². The summed E-state index contributed by atoms with van der Waals surface area (Å²) in [5.74, 6) is 7.02. The van der Waals surface area contributed by atoms with Crippen LogP contribution in [-0.4, -0.2) is 10.9 Å². The van der Waals surface area contributed by atoms with Gasteiger partial charge in [-0.2, -0.15) is 0 Å². The fourth-order valence-corrected chi connectivity index (χ4v) is 1.58. The molecule has 1 aliphatic rings. The fraction of sp³-hybridized carbons (Fsp3) is 0.429. The zero-order valence-electron chi connectivity index (χ0n) is 10.4. The van der Waals surface area contributed by atoms with Crippen LogP contribution in [0, 0.1) is 17.3 Å². The molecule has 1 aliphatic heterocycles. The van der Waals surface area contributed by atoms with Crippen LogP contribution in [0.2, 0.25) is 0 Å². The summed E-state index contributed by atoms with van der Waals surface area (Å²) in [5.41, 5.74) is 1.98. The van der Waals surface area contributed by atoms with E-state index in [4.69, 9.17) is 0 Å². The Balaban J connectivity index is 2.28. The second-order valence-corrected chi connectivity index (χ2v) is 5.28. The molecule has 0 aromatic carbocycles. The number of amides is 1. The molecule has 88 valence electrons. The number of hydrogen-bond donors (Lipinski definition) is 1. The normalized spacial score (nSPS) is 14.4. The summed E-state index contributed by atoms with van der Waals surface area (Å²) < 4.78 is 0. The van der Waals surface area contributed by atoms with E-state index in [1.54, 1.807) is 6.20 Å². The quantitative estimate of drug-likeness (QED) is 0.693. The third kappa shape index (κ3) is 3.07. The number of pyridine rings is 1. The van der Waals surface area contributed by atoms with Gasteiger partial charge in [-0.1, -0.05) is 11.8 Å². The number of rotatable bonds is 0. The molecule has 2 rings (SSSR count). The molecular weight excluding hydrogens is 212 g/mol. The van der Waals surface area contributed by atoms with E-state index >= 15 is 0 Å². The summed E-state index contributed by atoms with van der Waals surface area (Å²) >= 11 is 0. The molecule has 0 bridgehead atoms. The van der Waals surface area contributed by atoms with Crippen molar-refractivity contribution in [3.63, 3.8) is 0 Å². The molecular formula is C14H16N2O. The Morgan fingerprint density at radius 1 is 1.35 bits per heavy atom. The van der Waals surface area contributed by atoms with E-state index in [2.05, 4.69) is 42.9 Å². The van der Waals surface area contributed by atoms with E-state index < -0.39 is 0 Å². The van der Waals surface area contributed by atoms with Crippen LogP contribution in [0.3, 0.4) is 0 Å². The summed E-state index contributed by atoms with van der Waals surface area (Å²) in [4.78, 5) is 15.4. The van der Waals surface area contributed by atoms with Gasteiger partial charge in [0, 0.05) is 23.6 Å². The van der Waals surface area contributed by atoms with Crippen LogP contribution < -0.4 is 5.32 Å². The summed E-state index contributed by atoms with van der Waals surface area (Å²) in [6.07, 6.45) is 2.99. The van der Waals surface area contributed by atoms with E-state index in [1.807, 2.05) is 6.07 Å². The molecule has 0 radical (unpaired) electrons. The fourth-order valence-electron chi connectivity index (χ4n) is 1.58. The van der Waals surface area contributed by atoms with Crippen molar-refractivity contribution in [2.45, 2.75) is 33.6 Å². The van der Waals surface area contributed by atoms with Gasteiger partial charge in [-0.3, -0.25) is 4.79 Å². The van der Waals surface area contributed by atoms with Crippen molar-refractivity contribution in [2.75, 3.05) is 5.32 Å². The Labute approximate surface area is 102 Å². The van der Waals surface area contributed by atoms with Crippen molar-refractivity contribution in [3.05, 3.63) is 23.4 Å². The second kappa shape index (κ2) is 4.21. The molecule has 0 saturated heterocycles. The highest BCUT2D eigenvalue weighted by Crippen LogP contribution is 2.20. The second-order valence-electron chi connectivity index (χ2n) is 5.28. The largest absolute Gasteiger partial charge is 0.310 e. The van der Waals surface area contributed by atoms with Gasteiger partial charge in [-0.25, -0.2) is 4.98 Å². The molecule has 0 unspecified atom stereocenters. The molecule has 17 heavy (non-hydrogen) atoms. The number of nitrogens with one attached hydrogen (secondary N) is 1. The number of carbonyl (C=O) groups is 1. The minimum Gasteiger partial charge on any atom is -0.310 e. The van der Waals surface area contributed by atoms with E-state index in [1.165, 1.54) is 0 Å². The molecule has 3 heteroatoms. The average molecular weight is 228 g/mol. The van der Waals surface area contributed by atoms with Crippen molar-refractivity contribution in [1.29, 1.82) is 0 Å². The lowest BCUT2D eigenvalue weighted by Crippen LogP contribution is -2.20. The number of fused-ring (bicyclic) bond motifs is 1. The highest BCUT2D eigenvalue weighted by molar-refractivity contribution is 5.92. The first-order valence-electron chi connectivity index (χ1n) is 5.76. The summed E-state index contributed by atoms with van der Waals surface area (Å²) in [6, 6.07) is 2.01. The average Bonchev–Trinajstić information content (AvgIpc) is 2.25. The lowest BCUT2D eigenvalue weighted by atomic mass is 9.97. The van der Waals surface area contributed by atoms with Gasteiger partial charge in [0.25, 0.3) is 0 Å². The maximum absolute atomic E-state index is 11.2. The lowest BCUT2D eigenvalue weighted by molar-refractivity contribution is -0.116. The summed E-state index contributed by atoms with van der Waals surface area (Å²) in [7, 11) is 0. The third-order valence-electron chi connectivity index (χ3n) is 2.43. The lowest BCUT2D eigenvalue weighted by Gasteiger charge is -2.15. The Bertz CT molecular complexity index is 515. The monoisotopic (exact) mass is 228 g/mol. The molecule has 1 aromatic rings. The van der Waals surface area contributed by atoms with Gasteiger partial charge >= 0.3 is 0 Å². The predicted molar refractivity (Wildman–Crippen MR) is 67.5 cm³/mol. The van der Waals surface area contributed by atoms with Crippen LogP contribution in [0.15, 0.2) is 12.3 Å². The van der Waals surface area contributed by atoms with Gasteiger partial charge in [0.05, 0.1) is 0 Å². The topological polar surface area (TPSA) is 42.0 Å². The molecule has 0 spiro atoms. The van der Waals surface area contributed by atoms with Crippen molar-refractivity contribution in [3.8, 4) is 11.8 Å². The number of nitrogens with zero attached hydrogens (tertiary/aromatic N) is 1. The first kappa shape index (κ1) is 11.7. The Hall–Kier alpha value is -1.82. The van der Waals surface area contributed by atoms with Gasteiger partial charge < -0.3 is 5.32 Å². The summed E-state index contributed by atoms with van der Waals surface area (Å²) in [6.45, 7) is 6.23. The molecule has 1 aromatic heterocycles. The van der Waals surface area contributed by atoms with E-state index in [9.17, 15) is 4.79 Å². The Kier molecular flexibility index (Phi) is 2.89. The number of aryl methyl sites for hydroxylation is 1. The zero-order valence-corrected chi connectivity index (χ0v) is 10.4. The molecule has 3 nitrogen and oxygen atoms in total. The van der Waals surface area contributed by atoms with Gasteiger partial charge in [-0.05, 0) is 38.8 Å². The third-order valence-corrected chi connectivity index (χ3v) is 2.43. The van der Waals surface area contributed by atoms with Crippen LogP contribution >= 0.6 is 0 Å². The highest BCUT2D eigenvalue weighted by Gasteiger charge is 2.15. The van der Waals surface area contributed by atoms with Gasteiger partial charge in [0.1, 0.15) is 5.82 Å². The number of hydrogen-bond acceptors (Lipinski definition) is 2. The van der Waals surface area contributed by atoms with E-state index in [-0.39, 0.29) is 11.3 Å². The molecule has 0 aliphatic carbocycles. The van der Waals surface area contributed by atoms with Crippen LogP contribution in [-0.2, 0) is 11.2 Å². The molecule has 1 N–H and O–H groups in total.